The van der Waals surface area contributed by atoms with E-state index in [2.05, 4.69) is 10.6 Å². The average Bonchev–Trinajstić information content (AvgIpc) is 2.89. The molecule has 0 aromatic carbocycles. The van der Waals surface area contributed by atoms with Crippen molar-refractivity contribution in [2.45, 2.75) is 12.2 Å². The highest BCUT2D eigenvalue weighted by Gasteiger charge is 2.44. The van der Waals surface area contributed by atoms with Gasteiger partial charge in [0.05, 0.1) is 7.05 Å². The van der Waals surface area contributed by atoms with Crippen LogP contribution in [0.3, 0.4) is 0 Å². The molecule has 1 aliphatic heterocycles. The molecule has 1 unspecified atom stereocenters. The molecule has 0 bridgehead atoms. The molecule has 0 spiro atoms. The number of hydrogen-bond donors (Lipinski definition) is 2. The van der Waals surface area contributed by atoms with Crippen LogP contribution in [-0.2, 0) is 7.05 Å². The first kappa shape index (κ1) is 18.2. The van der Waals surface area contributed by atoms with Crippen molar-refractivity contribution in [1.82, 2.24) is 20.1 Å². The van der Waals surface area contributed by atoms with E-state index in [1.807, 2.05) is 0 Å². The minimum absolute atomic E-state index is 0.0667. The van der Waals surface area contributed by atoms with E-state index < -0.39 is 29.6 Å². The summed E-state index contributed by atoms with van der Waals surface area (Å²) in [5.41, 5.74) is -0.0667. The van der Waals surface area contributed by atoms with Crippen LogP contribution in [-0.4, -0.2) is 65.2 Å². The first-order chi connectivity index (χ1) is 11.2. The highest BCUT2D eigenvalue weighted by atomic mass is 19.4. The second kappa shape index (κ2) is 7.18. The Morgan fingerprint density at radius 1 is 1.42 bits per heavy atom. The number of carbonyl (C=O) groups excluding carboxylic acids is 1. The number of amides is 1. The number of carbonyl (C=O) groups is 1. The molecule has 2 heterocycles. The van der Waals surface area contributed by atoms with Crippen LogP contribution in [0.2, 0.25) is 0 Å². The zero-order chi connectivity index (χ0) is 17.9. The van der Waals surface area contributed by atoms with Gasteiger partial charge < -0.3 is 20.7 Å². The number of hydrogen-bond acceptors (Lipinski definition) is 5. The molecule has 1 atom stereocenters. The summed E-state index contributed by atoms with van der Waals surface area (Å²) >= 11 is 0. The predicted molar refractivity (Wildman–Crippen MR) is 78.7 cm³/mol. The van der Waals surface area contributed by atoms with Crippen LogP contribution in [0.25, 0.3) is 0 Å². The number of nitro groups is 1. The second-order valence-corrected chi connectivity index (χ2v) is 5.45. The van der Waals surface area contributed by atoms with Gasteiger partial charge in [-0.3, -0.25) is 9.69 Å². The van der Waals surface area contributed by atoms with Crippen LogP contribution >= 0.6 is 0 Å². The third kappa shape index (κ3) is 4.03. The number of halogens is 3. The van der Waals surface area contributed by atoms with Gasteiger partial charge in [-0.05, 0) is 11.0 Å². The fourth-order valence-electron chi connectivity index (χ4n) is 2.64. The summed E-state index contributed by atoms with van der Waals surface area (Å²) < 4.78 is 40.7. The van der Waals surface area contributed by atoms with E-state index in [1.54, 1.807) is 0 Å². The Hall–Kier alpha value is -2.14. The third-order valence-electron chi connectivity index (χ3n) is 3.94. The van der Waals surface area contributed by atoms with Crippen molar-refractivity contribution in [1.29, 1.82) is 0 Å². The Morgan fingerprint density at radius 3 is 2.54 bits per heavy atom. The molecule has 2 rings (SSSR count). The van der Waals surface area contributed by atoms with Gasteiger partial charge in [-0.15, -0.1) is 0 Å². The van der Waals surface area contributed by atoms with Gasteiger partial charge in [0.25, 0.3) is 5.91 Å². The zero-order valence-corrected chi connectivity index (χ0v) is 13.0. The van der Waals surface area contributed by atoms with E-state index in [-0.39, 0.29) is 24.6 Å². The highest BCUT2D eigenvalue weighted by Crippen LogP contribution is 2.25. The summed E-state index contributed by atoms with van der Waals surface area (Å²) in [5, 5.41) is 16.0. The quantitative estimate of drug-likeness (QED) is 0.597. The summed E-state index contributed by atoms with van der Waals surface area (Å²) in [4.78, 5) is 23.4. The molecule has 134 valence electrons. The molecule has 2 N–H and O–H groups in total. The van der Waals surface area contributed by atoms with Crippen molar-refractivity contribution in [2.24, 2.45) is 7.05 Å². The van der Waals surface area contributed by atoms with E-state index >= 15 is 0 Å². The maximum absolute atomic E-state index is 13.2. The van der Waals surface area contributed by atoms with Gasteiger partial charge in [-0.2, -0.15) is 13.2 Å². The highest BCUT2D eigenvalue weighted by molar-refractivity contribution is 5.93. The van der Waals surface area contributed by atoms with E-state index in [9.17, 15) is 28.1 Å². The molecule has 8 nitrogen and oxygen atoms in total. The molecule has 11 heteroatoms. The lowest BCUT2D eigenvalue weighted by molar-refractivity contribution is -0.391. The van der Waals surface area contributed by atoms with Crippen molar-refractivity contribution in [2.75, 3.05) is 32.7 Å². The monoisotopic (exact) mass is 349 g/mol. The Bertz CT molecular complexity index is 610. The molecular formula is C13H18F3N5O3. The van der Waals surface area contributed by atoms with E-state index in [4.69, 9.17) is 0 Å². The SMILES string of the molecule is Cn1c(C(=O)NCC(N2CCNCC2)C(F)(F)F)ccc1[N+](=O)[O-]. The maximum Gasteiger partial charge on any atom is 0.405 e. The van der Waals surface area contributed by atoms with Gasteiger partial charge in [0.1, 0.15) is 6.04 Å². The molecule has 1 amide bonds. The normalized spacial score (nSPS) is 17.5. The number of nitrogens with zero attached hydrogens (tertiary/aromatic N) is 3. The van der Waals surface area contributed by atoms with Crippen molar-refractivity contribution < 1.29 is 22.9 Å². The number of piperazine rings is 1. The minimum Gasteiger partial charge on any atom is -0.358 e. The number of alkyl halides is 3. The van der Waals surface area contributed by atoms with Crippen LogP contribution in [0.4, 0.5) is 19.0 Å². The first-order valence-corrected chi connectivity index (χ1v) is 7.31. The molecule has 1 aromatic heterocycles. The van der Waals surface area contributed by atoms with E-state index in [0.717, 1.165) is 10.6 Å². The smallest absolute Gasteiger partial charge is 0.358 e. The Balaban J connectivity index is 2.06. The van der Waals surface area contributed by atoms with Gasteiger partial charge in [-0.1, -0.05) is 0 Å². The number of rotatable bonds is 5. The molecule has 1 fully saturated rings. The molecule has 0 aliphatic carbocycles. The van der Waals surface area contributed by atoms with Crippen molar-refractivity contribution in [3.05, 3.63) is 27.9 Å². The zero-order valence-electron chi connectivity index (χ0n) is 13.0. The Kier molecular flexibility index (Phi) is 5.44. The molecular weight excluding hydrogens is 331 g/mol. The topological polar surface area (TPSA) is 92.4 Å². The van der Waals surface area contributed by atoms with Gasteiger partial charge in [0.2, 0.25) is 0 Å². The minimum atomic E-state index is -4.48. The number of nitrogens with one attached hydrogen (secondary N) is 2. The Morgan fingerprint density at radius 2 is 2.04 bits per heavy atom. The predicted octanol–water partition coefficient (Wildman–Crippen LogP) is 0.499. The largest absolute Gasteiger partial charge is 0.405 e. The third-order valence-corrected chi connectivity index (χ3v) is 3.94. The molecule has 0 radical (unpaired) electrons. The van der Waals surface area contributed by atoms with E-state index in [1.165, 1.54) is 18.0 Å². The van der Waals surface area contributed by atoms with E-state index in [0.29, 0.717) is 13.1 Å². The summed E-state index contributed by atoms with van der Waals surface area (Å²) in [7, 11) is 1.31. The second-order valence-electron chi connectivity index (χ2n) is 5.45. The molecule has 24 heavy (non-hydrogen) atoms. The van der Waals surface area contributed by atoms with Crippen molar-refractivity contribution >= 4 is 11.7 Å². The van der Waals surface area contributed by atoms with Crippen molar-refractivity contribution in [3.63, 3.8) is 0 Å². The fourth-order valence-corrected chi connectivity index (χ4v) is 2.64. The van der Waals surface area contributed by atoms with Crippen LogP contribution in [0.15, 0.2) is 12.1 Å². The lowest BCUT2D eigenvalue weighted by Gasteiger charge is -2.35. The van der Waals surface area contributed by atoms with Gasteiger partial charge in [-0.25, -0.2) is 4.57 Å². The Labute approximate surface area is 135 Å². The van der Waals surface area contributed by atoms with Gasteiger partial charge >= 0.3 is 12.0 Å². The maximum atomic E-state index is 13.2. The van der Waals surface area contributed by atoms with Crippen molar-refractivity contribution in [3.8, 4) is 0 Å². The molecule has 1 aromatic rings. The fraction of sp³-hybridized carbons (Fsp3) is 0.615. The lowest BCUT2D eigenvalue weighted by atomic mass is 10.2. The first-order valence-electron chi connectivity index (χ1n) is 7.31. The van der Waals surface area contributed by atoms with Gasteiger partial charge in [0.15, 0.2) is 5.69 Å². The summed E-state index contributed by atoms with van der Waals surface area (Å²) in [6.07, 6.45) is -4.48. The number of aromatic nitrogens is 1. The van der Waals surface area contributed by atoms with Crippen LogP contribution in [0.1, 0.15) is 10.5 Å². The van der Waals surface area contributed by atoms with Gasteiger partial charge in [0, 0.05) is 38.8 Å². The summed E-state index contributed by atoms with van der Waals surface area (Å²) in [5.74, 6) is -1.09. The van der Waals surface area contributed by atoms with Crippen LogP contribution in [0, 0.1) is 10.1 Å². The molecule has 0 saturated carbocycles. The molecule has 1 saturated heterocycles. The van der Waals surface area contributed by atoms with Crippen LogP contribution < -0.4 is 10.6 Å². The summed E-state index contributed by atoms with van der Waals surface area (Å²) in [6.45, 7) is 0.752. The van der Waals surface area contributed by atoms with Crippen LogP contribution in [0.5, 0.6) is 0 Å². The summed E-state index contributed by atoms with van der Waals surface area (Å²) in [6, 6.07) is 0.548. The average molecular weight is 349 g/mol. The standard InChI is InChI=1S/C13H18F3N5O3/c1-19-9(2-3-11(19)21(23)24)12(22)18-8-10(13(14,15)16)20-6-4-17-5-7-20/h2-3,10,17H,4-8H2,1H3,(H,18,22). The lowest BCUT2D eigenvalue weighted by Crippen LogP contribution is -2.57. The molecule has 1 aliphatic rings.